The van der Waals surface area contributed by atoms with E-state index in [9.17, 15) is 0 Å². The molecule has 1 aliphatic carbocycles. The van der Waals surface area contributed by atoms with E-state index in [0.717, 1.165) is 33.6 Å². The molecule has 1 aliphatic rings. The van der Waals surface area contributed by atoms with Crippen LogP contribution in [-0.4, -0.2) is 9.55 Å². The third-order valence-corrected chi connectivity index (χ3v) is 5.67. The maximum atomic E-state index is 8.60. The molecule has 112 valence electrons. The molecular formula is C17H16ClN3S. The summed E-state index contributed by atoms with van der Waals surface area (Å²) in [6.45, 7) is 0.632. The van der Waals surface area contributed by atoms with E-state index in [4.69, 9.17) is 17.0 Å². The summed E-state index contributed by atoms with van der Waals surface area (Å²) in [6, 6.07) is 7.79. The molecule has 1 N–H and O–H groups in total. The molecule has 0 fully saturated rings. The van der Waals surface area contributed by atoms with Crippen LogP contribution in [0.2, 0.25) is 5.02 Å². The fraction of sp³-hybridized carbons (Fsp3) is 0.294. The van der Waals surface area contributed by atoms with Crippen LogP contribution in [0.3, 0.4) is 0 Å². The first-order valence-electron chi connectivity index (χ1n) is 7.51. The van der Waals surface area contributed by atoms with Gasteiger partial charge in [-0.3, -0.25) is 5.41 Å². The standard InChI is InChI=1S/C17H16ClN3S/c18-12-5-3-4-11(8-12)9-21-10-20-17-15(16(21)19)13-6-1-2-7-14(13)22-17/h3-5,8,10,19H,1-2,6-7,9H2. The Kier molecular flexibility index (Phi) is 3.51. The Balaban J connectivity index is 1.82. The van der Waals surface area contributed by atoms with Crippen LogP contribution in [0.15, 0.2) is 30.6 Å². The summed E-state index contributed by atoms with van der Waals surface area (Å²) in [7, 11) is 0. The minimum atomic E-state index is 0.573. The molecule has 0 bridgehead atoms. The van der Waals surface area contributed by atoms with Crippen molar-refractivity contribution in [2.45, 2.75) is 32.2 Å². The Morgan fingerprint density at radius 2 is 2.14 bits per heavy atom. The van der Waals surface area contributed by atoms with Crippen LogP contribution in [0.25, 0.3) is 10.2 Å². The van der Waals surface area contributed by atoms with Gasteiger partial charge in [0.1, 0.15) is 10.3 Å². The van der Waals surface area contributed by atoms with Gasteiger partial charge in [-0.05, 0) is 48.9 Å². The molecule has 2 aromatic heterocycles. The second-order valence-electron chi connectivity index (χ2n) is 5.74. The van der Waals surface area contributed by atoms with E-state index in [1.807, 2.05) is 28.8 Å². The van der Waals surface area contributed by atoms with Gasteiger partial charge in [0, 0.05) is 9.90 Å². The van der Waals surface area contributed by atoms with Crippen molar-refractivity contribution in [2.75, 3.05) is 0 Å². The number of aryl methyl sites for hydroxylation is 2. The van der Waals surface area contributed by atoms with Crippen molar-refractivity contribution in [1.29, 1.82) is 5.41 Å². The fourth-order valence-corrected chi connectivity index (χ4v) is 4.60. The Bertz CT molecular complexity index is 910. The van der Waals surface area contributed by atoms with E-state index in [1.54, 1.807) is 17.7 Å². The molecule has 2 heterocycles. The van der Waals surface area contributed by atoms with Crippen molar-refractivity contribution in [1.82, 2.24) is 9.55 Å². The van der Waals surface area contributed by atoms with Crippen molar-refractivity contribution >= 4 is 33.2 Å². The third kappa shape index (κ3) is 2.36. The lowest BCUT2D eigenvalue weighted by Crippen LogP contribution is -2.22. The Labute approximate surface area is 137 Å². The van der Waals surface area contributed by atoms with Crippen molar-refractivity contribution in [2.24, 2.45) is 0 Å². The van der Waals surface area contributed by atoms with Gasteiger partial charge >= 0.3 is 0 Å². The number of benzene rings is 1. The van der Waals surface area contributed by atoms with Gasteiger partial charge in [-0.1, -0.05) is 23.7 Å². The lowest BCUT2D eigenvalue weighted by molar-refractivity contribution is 0.694. The highest BCUT2D eigenvalue weighted by Crippen LogP contribution is 2.33. The summed E-state index contributed by atoms with van der Waals surface area (Å²) in [6.07, 6.45) is 6.50. The summed E-state index contributed by atoms with van der Waals surface area (Å²) in [4.78, 5) is 7.04. The monoisotopic (exact) mass is 329 g/mol. The van der Waals surface area contributed by atoms with Gasteiger partial charge in [-0.15, -0.1) is 11.3 Å². The molecule has 0 aliphatic heterocycles. The number of rotatable bonds is 2. The first kappa shape index (κ1) is 14.0. The van der Waals surface area contributed by atoms with Crippen LogP contribution >= 0.6 is 22.9 Å². The molecule has 3 aromatic rings. The molecule has 4 rings (SSSR count). The average molecular weight is 330 g/mol. The van der Waals surface area contributed by atoms with Crippen LogP contribution in [0, 0.1) is 5.41 Å². The van der Waals surface area contributed by atoms with E-state index >= 15 is 0 Å². The van der Waals surface area contributed by atoms with Gasteiger partial charge in [-0.25, -0.2) is 4.98 Å². The Morgan fingerprint density at radius 3 is 3.00 bits per heavy atom. The van der Waals surface area contributed by atoms with E-state index < -0.39 is 0 Å². The van der Waals surface area contributed by atoms with Crippen LogP contribution in [0.1, 0.15) is 28.8 Å². The Hall–Kier alpha value is -1.65. The molecule has 1 aromatic carbocycles. The molecule has 0 radical (unpaired) electrons. The zero-order valence-corrected chi connectivity index (χ0v) is 13.7. The molecule has 0 saturated carbocycles. The number of nitrogens with zero attached hydrogens (tertiary/aromatic N) is 2. The second-order valence-corrected chi connectivity index (χ2v) is 7.26. The topological polar surface area (TPSA) is 41.7 Å². The first-order valence-corrected chi connectivity index (χ1v) is 8.70. The highest BCUT2D eigenvalue weighted by Gasteiger charge is 2.18. The smallest absolute Gasteiger partial charge is 0.136 e. The number of nitrogens with one attached hydrogen (secondary N) is 1. The fourth-order valence-electron chi connectivity index (χ4n) is 3.16. The van der Waals surface area contributed by atoms with Gasteiger partial charge in [-0.2, -0.15) is 0 Å². The summed E-state index contributed by atoms with van der Waals surface area (Å²) in [5.41, 5.74) is 3.03. The molecule has 3 nitrogen and oxygen atoms in total. The van der Waals surface area contributed by atoms with E-state index in [-0.39, 0.29) is 0 Å². The number of hydrogen-bond donors (Lipinski definition) is 1. The minimum absolute atomic E-state index is 0.573. The van der Waals surface area contributed by atoms with Gasteiger partial charge < -0.3 is 4.57 Å². The number of thiophene rings is 1. The van der Waals surface area contributed by atoms with Gasteiger partial charge in [0.25, 0.3) is 0 Å². The molecule has 0 unspecified atom stereocenters. The molecular weight excluding hydrogens is 314 g/mol. The maximum Gasteiger partial charge on any atom is 0.136 e. The maximum absolute atomic E-state index is 8.60. The van der Waals surface area contributed by atoms with Crippen molar-refractivity contribution in [3.8, 4) is 0 Å². The molecule has 0 atom stereocenters. The summed E-state index contributed by atoms with van der Waals surface area (Å²) in [5, 5.41) is 10.4. The van der Waals surface area contributed by atoms with Crippen LogP contribution in [-0.2, 0) is 19.4 Å². The molecule has 0 amide bonds. The van der Waals surface area contributed by atoms with E-state index in [1.165, 1.54) is 23.3 Å². The number of fused-ring (bicyclic) bond motifs is 3. The average Bonchev–Trinajstić information content (AvgIpc) is 2.89. The lowest BCUT2D eigenvalue weighted by atomic mass is 9.97. The number of hydrogen-bond acceptors (Lipinski definition) is 3. The quantitative estimate of drug-likeness (QED) is 0.753. The third-order valence-electron chi connectivity index (χ3n) is 4.23. The summed E-state index contributed by atoms with van der Waals surface area (Å²) >= 11 is 7.82. The largest absolute Gasteiger partial charge is 0.312 e. The lowest BCUT2D eigenvalue weighted by Gasteiger charge is -2.11. The molecule has 5 heteroatoms. The zero-order chi connectivity index (χ0) is 15.1. The normalized spacial score (nSPS) is 14.2. The SMILES string of the molecule is N=c1c2c3c(sc2ncn1Cc1cccc(Cl)c1)CCCC3. The molecule has 0 saturated heterocycles. The number of aromatic nitrogens is 2. The second kappa shape index (κ2) is 5.52. The summed E-state index contributed by atoms with van der Waals surface area (Å²) in [5.74, 6) is 0. The zero-order valence-electron chi connectivity index (χ0n) is 12.1. The Morgan fingerprint density at radius 1 is 1.27 bits per heavy atom. The highest BCUT2D eigenvalue weighted by molar-refractivity contribution is 7.18. The van der Waals surface area contributed by atoms with Crippen LogP contribution < -0.4 is 5.49 Å². The van der Waals surface area contributed by atoms with Crippen molar-refractivity contribution in [3.63, 3.8) is 0 Å². The van der Waals surface area contributed by atoms with Crippen LogP contribution in [0.4, 0.5) is 0 Å². The van der Waals surface area contributed by atoms with Crippen molar-refractivity contribution in [3.05, 3.63) is 57.1 Å². The van der Waals surface area contributed by atoms with E-state index in [2.05, 4.69) is 4.98 Å². The predicted molar refractivity (Wildman–Crippen MR) is 90.7 cm³/mol. The first-order chi connectivity index (χ1) is 10.7. The highest BCUT2D eigenvalue weighted by atomic mass is 35.5. The van der Waals surface area contributed by atoms with Gasteiger partial charge in [0.15, 0.2) is 0 Å². The minimum Gasteiger partial charge on any atom is -0.312 e. The number of halogens is 1. The van der Waals surface area contributed by atoms with Gasteiger partial charge in [0.2, 0.25) is 0 Å². The molecule has 0 spiro atoms. The van der Waals surface area contributed by atoms with E-state index in [0.29, 0.717) is 12.0 Å². The molecule has 22 heavy (non-hydrogen) atoms. The van der Waals surface area contributed by atoms with Gasteiger partial charge in [0.05, 0.1) is 18.3 Å². The summed E-state index contributed by atoms with van der Waals surface area (Å²) < 4.78 is 1.91. The predicted octanol–water partition coefficient (Wildman–Crippen LogP) is 4.16. The van der Waals surface area contributed by atoms with Crippen molar-refractivity contribution < 1.29 is 0 Å². The van der Waals surface area contributed by atoms with Crippen LogP contribution in [0.5, 0.6) is 0 Å².